The molecular weight excluding hydrogens is 406 g/mol. The third kappa shape index (κ3) is 4.21. The van der Waals surface area contributed by atoms with Gasteiger partial charge >= 0.3 is 23.9 Å². The maximum absolute atomic E-state index is 13.0. The molecule has 0 aliphatic rings. The van der Waals surface area contributed by atoms with E-state index < -0.39 is 62.6 Å². The molecule has 0 heterocycles. The van der Waals surface area contributed by atoms with Crippen LogP contribution < -0.4 is 0 Å². The summed E-state index contributed by atoms with van der Waals surface area (Å²) in [5, 5.41) is 27.6. The van der Waals surface area contributed by atoms with Crippen LogP contribution in [0.2, 0.25) is 0 Å². The zero-order valence-electron chi connectivity index (χ0n) is 11.9. The van der Waals surface area contributed by atoms with Crippen molar-refractivity contribution in [2.45, 2.75) is 18.0 Å². The Morgan fingerprint density at radius 2 is 1.38 bits per heavy atom. The summed E-state index contributed by atoms with van der Waals surface area (Å²) in [6, 6.07) is 0.535. The highest BCUT2D eigenvalue weighted by atomic mass is 32.2. The van der Waals surface area contributed by atoms with Crippen LogP contribution in [-0.4, -0.2) is 58.0 Å². The average Bonchev–Trinajstić information content (AvgIpc) is 2.31. The van der Waals surface area contributed by atoms with Crippen LogP contribution in [0.5, 0.6) is 17.2 Å². The molecule has 0 saturated carbocycles. The molecule has 0 aliphatic carbocycles. The zero-order valence-corrected chi connectivity index (χ0v) is 12.7. The normalized spacial score (nSPS) is 13.5. The first kappa shape index (κ1) is 21.6. The SMILES string of the molecule is O=C(OC(CS(=O)(=O)[O-])(C(F)(F)F)C(F)(F)F)c1c(O)cc(O)cc1O. The van der Waals surface area contributed by atoms with E-state index >= 15 is 0 Å². The van der Waals surface area contributed by atoms with Crippen molar-refractivity contribution in [2.24, 2.45) is 0 Å². The lowest BCUT2D eigenvalue weighted by molar-refractivity contribution is -0.356. The van der Waals surface area contributed by atoms with Gasteiger partial charge in [0, 0.05) is 12.1 Å². The predicted molar refractivity (Wildman–Crippen MR) is 66.3 cm³/mol. The third-order valence-corrected chi connectivity index (χ3v) is 3.61. The number of carbonyl (C=O) groups excluding carboxylic acids is 1. The van der Waals surface area contributed by atoms with Gasteiger partial charge in [0.2, 0.25) is 0 Å². The first-order valence-corrected chi connectivity index (χ1v) is 7.54. The van der Waals surface area contributed by atoms with Crippen molar-refractivity contribution >= 4 is 16.1 Å². The fourth-order valence-corrected chi connectivity index (χ4v) is 2.62. The number of halogens is 6. The number of phenolic OH excluding ortho intramolecular Hbond substituents is 3. The van der Waals surface area contributed by atoms with Gasteiger partial charge in [-0.2, -0.15) is 26.3 Å². The van der Waals surface area contributed by atoms with Crippen molar-refractivity contribution < 1.29 is 64.2 Å². The molecule has 0 radical (unpaired) electrons. The molecule has 0 aromatic heterocycles. The van der Waals surface area contributed by atoms with Gasteiger partial charge in [-0.15, -0.1) is 0 Å². The summed E-state index contributed by atoms with van der Waals surface area (Å²) in [5.41, 5.74) is -7.40. The van der Waals surface area contributed by atoms with Gasteiger partial charge in [0.25, 0.3) is 0 Å². The number of ether oxygens (including phenoxy) is 1. The Balaban J connectivity index is 3.59. The lowest BCUT2D eigenvalue weighted by Crippen LogP contribution is -2.63. The highest BCUT2D eigenvalue weighted by Gasteiger charge is 2.75. The minimum absolute atomic E-state index is 0.267. The van der Waals surface area contributed by atoms with Crippen LogP contribution in [0.3, 0.4) is 0 Å². The van der Waals surface area contributed by atoms with Gasteiger partial charge in [0.05, 0.1) is 15.9 Å². The van der Waals surface area contributed by atoms with Crippen LogP contribution in [0.15, 0.2) is 12.1 Å². The Morgan fingerprint density at radius 3 is 1.69 bits per heavy atom. The lowest BCUT2D eigenvalue weighted by atomic mass is 10.0. The van der Waals surface area contributed by atoms with Crippen LogP contribution in [0, 0.1) is 0 Å². The van der Waals surface area contributed by atoms with E-state index in [2.05, 4.69) is 4.74 Å². The molecule has 0 aliphatic heterocycles. The first-order chi connectivity index (χ1) is 11.4. The smallest absolute Gasteiger partial charge is 0.438 e. The fraction of sp³-hybridized carbons (Fsp3) is 0.364. The summed E-state index contributed by atoms with van der Waals surface area (Å²) < 4.78 is 113. The summed E-state index contributed by atoms with van der Waals surface area (Å²) >= 11 is 0. The first-order valence-electron chi connectivity index (χ1n) is 5.96. The molecule has 1 rings (SSSR count). The number of hydrogen-bond acceptors (Lipinski definition) is 8. The van der Waals surface area contributed by atoms with Gasteiger partial charge in [-0.3, -0.25) is 0 Å². The standard InChI is InChI=1S/C11H8F6O8S/c12-10(13,14)9(11(15,16)17,3-26(22,23)24)25-8(21)7-5(19)1-4(18)2-6(7)20/h1-2,18-20H,3H2,(H,22,23,24)/p-1. The Morgan fingerprint density at radius 1 is 1.00 bits per heavy atom. The van der Waals surface area contributed by atoms with Gasteiger partial charge in [0.15, 0.2) is 0 Å². The molecular formula is C11H7F6O8S-. The highest BCUT2D eigenvalue weighted by molar-refractivity contribution is 7.85. The van der Waals surface area contributed by atoms with Crippen LogP contribution in [0.25, 0.3) is 0 Å². The molecule has 0 bridgehead atoms. The fourth-order valence-electron chi connectivity index (χ4n) is 1.73. The van der Waals surface area contributed by atoms with E-state index in [1.807, 2.05) is 0 Å². The van der Waals surface area contributed by atoms with Crippen LogP contribution >= 0.6 is 0 Å². The van der Waals surface area contributed by atoms with Crippen molar-refractivity contribution in [3.8, 4) is 17.2 Å². The number of hydrogen-bond donors (Lipinski definition) is 3. The number of esters is 1. The second-order valence-corrected chi connectivity index (χ2v) is 6.18. The molecule has 3 N–H and O–H groups in total. The molecule has 0 fully saturated rings. The topological polar surface area (TPSA) is 144 Å². The number of benzene rings is 1. The number of aromatic hydroxyl groups is 3. The molecule has 148 valence electrons. The molecule has 1 aromatic rings. The maximum Gasteiger partial charge on any atom is 0.438 e. The minimum atomic E-state index is -6.61. The Hall–Kier alpha value is -2.42. The van der Waals surface area contributed by atoms with E-state index in [1.165, 1.54) is 0 Å². The summed E-state index contributed by atoms with van der Waals surface area (Å²) in [7, 11) is -6.24. The van der Waals surface area contributed by atoms with E-state index in [0.29, 0.717) is 0 Å². The van der Waals surface area contributed by atoms with Crippen molar-refractivity contribution in [2.75, 3.05) is 5.75 Å². The van der Waals surface area contributed by atoms with E-state index in [1.54, 1.807) is 0 Å². The van der Waals surface area contributed by atoms with E-state index in [0.717, 1.165) is 0 Å². The largest absolute Gasteiger partial charge is 0.748 e. The lowest BCUT2D eigenvalue weighted by Gasteiger charge is -2.36. The van der Waals surface area contributed by atoms with Crippen molar-refractivity contribution in [3.63, 3.8) is 0 Å². The van der Waals surface area contributed by atoms with Gasteiger partial charge < -0.3 is 24.6 Å². The second kappa shape index (κ2) is 6.39. The van der Waals surface area contributed by atoms with Crippen molar-refractivity contribution in [1.29, 1.82) is 0 Å². The molecule has 0 atom stereocenters. The van der Waals surface area contributed by atoms with Gasteiger partial charge in [-0.25, -0.2) is 13.2 Å². The van der Waals surface area contributed by atoms with Gasteiger partial charge in [-0.1, -0.05) is 0 Å². The minimum Gasteiger partial charge on any atom is -0.748 e. The van der Waals surface area contributed by atoms with Gasteiger partial charge in [0.1, 0.15) is 22.8 Å². The molecule has 8 nitrogen and oxygen atoms in total. The average molecular weight is 413 g/mol. The molecule has 0 spiro atoms. The molecule has 15 heteroatoms. The van der Waals surface area contributed by atoms with Crippen LogP contribution in [-0.2, 0) is 14.9 Å². The summed E-state index contributed by atoms with van der Waals surface area (Å²) in [6.07, 6.45) is -13.2. The third-order valence-electron chi connectivity index (χ3n) is 2.85. The van der Waals surface area contributed by atoms with Crippen molar-refractivity contribution in [3.05, 3.63) is 17.7 Å². The Labute approximate surface area is 140 Å². The second-order valence-electron chi connectivity index (χ2n) is 4.77. The zero-order chi connectivity index (χ0) is 20.7. The Bertz CT molecular complexity index is 776. The molecule has 0 unspecified atom stereocenters. The van der Waals surface area contributed by atoms with E-state index in [4.69, 9.17) is 5.11 Å². The van der Waals surface area contributed by atoms with E-state index in [9.17, 15) is 54.3 Å². The van der Waals surface area contributed by atoms with E-state index in [-0.39, 0.29) is 12.1 Å². The molecule has 0 amide bonds. The molecule has 26 heavy (non-hydrogen) atoms. The van der Waals surface area contributed by atoms with Crippen LogP contribution in [0.4, 0.5) is 26.3 Å². The summed E-state index contributed by atoms with van der Waals surface area (Å²) in [4.78, 5) is 11.7. The number of phenols is 3. The highest BCUT2D eigenvalue weighted by Crippen LogP contribution is 2.48. The predicted octanol–water partition coefficient (Wildman–Crippen LogP) is 1.37. The molecule has 0 saturated heterocycles. The van der Waals surface area contributed by atoms with Gasteiger partial charge in [-0.05, 0) is 0 Å². The Kier molecular flexibility index (Phi) is 5.31. The monoisotopic (exact) mass is 413 g/mol. The number of rotatable bonds is 4. The number of alkyl halides is 6. The summed E-state index contributed by atoms with van der Waals surface area (Å²) in [6.45, 7) is 0. The number of carbonyl (C=O) groups is 1. The maximum atomic E-state index is 13.0. The van der Waals surface area contributed by atoms with Crippen molar-refractivity contribution in [1.82, 2.24) is 0 Å². The molecule has 1 aromatic carbocycles. The summed E-state index contributed by atoms with van der Waals surface area (Å²) in [5.74, 6) is -9.76. The van der Waals surface area contributed by atoms with Crippen LogP contribution in [0.1, 0.15) is 10.4 Å². The quantitative estimate of drug-likeness (QED) is 0.381.